The first kappa shape index (κ1) is 21.8. The highest BCUT2D eigenvalue weighted by molar-refractivity contribution is 6.05. The third-order valence-electron chi connectivity index (χ3n) is 4.46. The van der Waals surface area contributed by atoms with Crippen LogP contribution in [0.4, 0.5) is 4.79 Å². The van der Waals surface area contributed by atoms with E-state index in [2.05, 4.69) is 21.2 Å². The highest BCUT2D eigenvalue weighted by atomic mass is 16.5. The van der Waals surface area contributed by atoms with Gasteiger partial charge in [0.1, 0.15) is 11.8 Å². The van der Waals surface area contributed by atoms with Crippen molar-refractivity contribution in [3.63, 3.8) is 0 Å². The number of nitrogens with zero attached hydrogens (tertiary/aromatic N) is 1. The van der Waals surface area contributed by atoms with E-state index >= 15 is 0 Å². The Kier molecular flexibility index (Phi) is 7.58. The van der Waals surface area contributed by atoms with E-state index in [1.807, 2.05) is 30.3 Å². The molecule has 0 saturated heterocycles. The Balaban J connectivity index is 1.54. The number of ether oxygens (including phenoxy) is 2. The Morgan fingerprint density at radius 3 is 2.52 bits per heavy atom. The van der Waals surface area contributed by atoms with Crippen LogP contribution in [0, 0.1) is 0 Å². The van der Waals surface area contributed by atoms with E-state index in [-0.39, 0.29) is 19.2 Å². The topological polar surface area (TPSA) is 118 Å². The minimum Gasteiger partial charge on any atom is -0.484 e. The summed E-state index contributed by atoms with van der Waals surface area (Å²) >= 11 is 0. The standard InChI is InChI=1S/C22H24N4O5/c1-2-30-21(28)18(12-15-6-4-3-5-7-15)24-20(27)14-31-17-10-8-16(9-11-17)19-13-23-22(29)26-25-19/h3-11,18H,2,12-14H2,1H3,(H,24,27)(H2,23,26,29)/t18-/m0/s1. The van der Waals surface area contributed by atoms with E-state index in [0.29, 0.717) is 24.4 Å². The van der Waals surface area contributed by atoms with Crippen LogP contribution in [0.5, 0.6) is 5.75 Å². The second-order valence-electron chi connectivity index (χ2n) is 6.73. The van der Waals surface area contributed by atoms with E-state index in [1.165, 1.54) is 0 Å². The number of carbonyl (C=O) groups excluding carboxylic acids is 3. The van der Waals surface area contributed by atoms with Crippen molar-refractivity contribution in [3.05, 3.63) is 65.7 Å². The zero-order valence-electron chi connectivity index (χ0n) is 17.1. The first-order chi connectivity index (χ1) is 15.0. The van der Waals surface area contributed by atoms with Gasteiger partial charge in [0.15, 0.2) is 6.61 Å². The Bertz CT molecular complexity index is 944. The van der Waals surface area contributed by atoms with Gasteiger partial charge in [0.25, 0.3) is 5.91 Å². The summed E-state index contributed by atoms with van der Waals surface area (Å²) in [5.41, 5.74) is 4.76. The maximum atomic E-state index is 12.4. The molecule has 3 rings (SSSR count). The summed E-state index contributed by atoms with van der Waals surface area (Å²) in [5.74, 6) is -0.428. The quantitative estimate of drug-likeness (QED) is 0.526. The number of hydrogen-bond acceptors (Lipinski definition) is 6. The van der Waals surface area contributed by atoms with Gasteiger partial charge < -0.3 is 20.1 Å². The zero-order chi connectivity index (χ0) is 22.1. The molecule has 0 radical (unpaired) electrons. The molecular weight excluding hydrogens is 400 g/mol. The second kappa shape index (κ2) is 10.8. The van der Waals surface area contributed by atoms with Crippen molar-refractivity contribution in [1.82, 2.24) is 16.1 Å². The Hall–Kier alpha value is -3.88. The van der Waals surface area contributed by atoms with Crippen LogP contribution in [0.2, 0.25) is 0 Å². The SMILES string of the molecule is CCOC(=O)[C@H](Cc1ccccc1)NC(=O)COc1ccc(C2=NNC(=O)NC2)cc1. The maximum Gasteiger partial charge on any atom is 0.335 e. The normalized spacial score (nSPS) is 13.8. The lowest BCUT2D eigenvalue weighted by Crippen LogP contribution is -2.45. The van der Waals surface area contributed by atoms with Crippen molar-refractivity contribution in [1.29, 1.82) is 0 Å². The number of hydrogen-bond donors (Lipinski definition) is 3. The molecule has 9 nitrogen and oxygen atoms in total. The van der Waals surface area contributed by atoms with E-state index in [1.54, 1.807) is 31.2 Å². The number of rotatable bonds is 9. The molecule has 0 bridgehead atoms. The Morgan fingerprint density at radius 2 is 1.87 bits per heavy atom. The minimum absolute atomic E-state index is 0.229. The summed E-state index contributed by atoms with van der Waals surface area (Å²) in [6, 6.07) is 15.2. The van der Waals surface area contributed by atoms with Gasteiger partial charge in [-0.25, -0.2) is 15.0 Å². The summed E-state index contributed by atoms with van der Waals surface area (Å²) in [6.07, 6.45) is 0.326. The molecule has 162 valence electrons. The molecule has 2 aromatic rings. The predicted molar refractivity (Wildman–Crippen MR) is 114 cm³/mol. The van der Waals surface area contributed by atoms with E-state index in [9.17, 15) is 14.4 Å². The van der Waals surface area contributed by atoms with Crippen LogP contribution in [-0.2, 0) is 20.7 Å². The van der Waals surface area contributed by atoms with Gasteiger partial charge in [-0.3, -0.25) is 4.79 Å². The summed E-state index contributed by atoms with van der Waals surface area (Å²) in [6.45, 7) is 2.02. The molecule has 0 aliphatic carbocycles. The Morgan fingerprint density at radius 1 is 1.13 bits per heavy atom. The summed E-state index contributed by atoms with van der Waals surface area (Å²) < 4.78 is 10.6. The number of hydrazone groups is 1. The third kappa shape index (κ3) is 6.56. The number of nitrogens with one attached hydrogen (secondary N) is 3. The largest absolute Gasteiger partial charge is 0.484 e. The highest BCUT2D eigenvalue weighted by Crippen LogP contribution is 2.13. The highest BCUT2D eigenvalue weighted by Gasteiger charge is 2.22. The van der Waals surface area contributed by atoms with Gasteiger partial charge in [0.2, 0.25) is 0 Å². The first-order valence-corrected chi connectivity index (χ1v) is 9.88. The van der Waals surface area contributed by atoms with Gasteiger partial charge in [-0.1, -0.05) is 30.3 Å². The van der Waals surface area contributed by atoms with Gasteiger partial charge in [-0.05, 0) is 42.3 Å². The predicted octanol–water partition coefficient (Wildman–Crippen LogP) is 1.37. The molecule has 1 aliphatic heterocycles. The van der Waals surface area contributed by atoms with E-state index < -0.39 is 17.9 Å². The molecule has 0 saturated carbocycles. The number of carbonyl (C=O) groups is 3. The lowest BCUT2D eigenvalue weighted by molar-refractivity contribution is -0.147. The number of amides is 3. The molecule has 1 heterocycles. The zero-order valence-corrected chi connectivity index (χ0v) is 17.1. The van der Waals surface area contributed by atoms with Crippen molar-refractivity contribution in [3.8, 4) is 5.75 Å². The molecule has 3 amide bonds. The van der Waals surface area contributed by atoms with Crippen LogP contribution in [0.15, 0.2) is 59.7 Å². The average molecular weight is 424 g/mol. The van der Waals surface area contributed by atoms with Crippen LogP contribution >= 0.6 is 0 Å². The molecule has 1 atom stereocenters. The van der Waals surface area contributed by atoms with Crippen LogP contribution in [-0.4, -0.2) is 49.4 Å². The van der Waals surface area contributed by atoms with Gasteiger partial charge in [0, 0.05) is 6.42 Å². The molecule has 9 heteroatoms. The lowest BCUT2D eigenvalue weighted by Gasteiger charge is -2.18. The maximum absolute atomic E-state index is 12.4. The molecular formula is C22H24N4O5. The van der Waals surface area contributed by atoms with Crippen molar-refractivity contribution in [2.75, 3.05) is 19.8 Å². The average Bonchev–Trinajstić information content (AvgIpc) is 2.79. The summed E-state index contributed by atoms with van der Waals surface area (Å²) in [7, 11) is 0. The van der Waals surface area contributed by atoms with Crippen LogP contribution < -0.4 is 20.8 Å². The number of urea groups is 1. The summed E-state index contributed by atoms with van der Waals surface area (Å²) in [5, 5.41) is 9.31. The molecule has 31 heavy (non-hydrogen) atoms. The molecule has 0 spiro atoms. The lowest BCUT2D eigenvalue weighted by atomic mass is 10.1. The van der Waals surface area contributed by atoms with Crippen LogP contribution in [0.1, 0.15) is 18.1 Å². The van der Waals surface area contributed by atoms with Gasteiger partial charge in [-0.15, -0.1) is 0 Å². The fourth-order valence-electron chi connectivity index (χ4n) is 2.94. The minimum atomic E-state index is -0.798. The van der Waals surface area contributed by atoms with Crippen molar-refractivity contribution in [2.24, 2.45) is 5.10 Å². The molecule has 1 aliphatic rings. The third-order valence-corrected chi connectivity index (χ3v) is 4.46. The fraction of sp³-hybridized carbons (Fsp3) is 0.273. The molecule has 3 N–H and O–H groups in total. The molecule has 2 aromatic carbocycles. The van der Waals surface area contributed by atoms with Crippen molar-refractivity contribution < 1.29 is 23.9 Å². The van der Waals surface area contributed by atoms with Gasteiger partial charge >= 0.3 is 12.0 Å². The summed E-state index contributed by atoms with van der Waals surface area (Å²) in [4.78, 5) is 35.7. The van der Waals surface area contributed by atoms with E-state index in [4.69, 9.17) is 9.47 Å². The molecule has 0 unspecified atom stereocenters. The van der Waals surface area contributed by atoms with Crippen molar-refractivity contribution in [2.45, 2.75) is 19.4 Å². The fourth-order valence-corrected chi connectivity index (χ4v) is 2.94. The van der Waals surface area contributed by atoms with Gasteiger partial charge in [0.05, 0.1) is 18.9 Å². The number of benzene rings is 2. The number of esters is 1. The van der Waals surface area contributed by atoms with E-state index in [0.717, 1.165) is 11.1 Å². The van der Waals surface area contributed by atoms with Crippen molar-refractivity contribution >= 4 is 23.6 Å². The first-order valence-electron chi connectivity index (χ1n) is 9.88. The van der Waals surface area contributed by atoms with Gasteiger partial charge in [-0.2, -0.15) is 5.10 Å². The monoisotopic (exact) mass is 424 g/mol. The van der Waals surface area contributed by atoms with Crippen LogP contribution in [0.3, 0.4) is 0 Å². The molecule has 0 fully saturated rings. The smallest absolute Gasteiger partial charge is 0.335 e. The Labute approximate surface area is 179 Å². The second-order valence-corrected chi connectivity index (χ2v) is 6.73. The van der Waals surface area contributed by atoms with Crippen LogP contribution in [0.25, 0.3) is 0 Å². The molecule has 0 aromatic heterocycles.